The quantitative estimate of drug-likeness (QED) is 0.624. The molecule has 3 aromatic rings. The molecule has 0 atom stereocenters. The van der Waals surface area contributed by atoms with Crippen molar-refractivity contribution >= 4 is 24.0 Å². The molecule has 1 heterocycles. The largest absolute Gasteiger partial charge is 0.256 e. The first-order valence-electron chi connectivity index (χ1n) is 7.21. The minimum absolute atomic E-state index is 0.247. The molecule has 112 valence electrons. The van der Waals surface area contributed by atoms with Crippen molar-refractivity contribution in [2.24, 2.45) is 0 Å². The molecule has 22 heavy (non-hydrogen) atoms. The lowest BCUT2D eigenvalue weighted by molar-refractivity contribution is 0.597. The third-order valence-corrected chi connectivity index (χ3v) is 5.72. The maximum absolute atomic E-state index is 14.5. The Balaban J connectivity index is 2.25. The molecule has 0 aliphatic heterocycles. The first-order valence-corrected chi connectivity index (χ1v) is 10.7. The van der Waals surface area contributed by atoms with E-state index < -0.39 is 19.7 Å². The zero-order valence-corrected chi connectivity index (χ0v) is 13.8. The van der Waals surface area contributed by atoms with Gasteiger partial charge in [-0.05, 0) is 23.6 Å². The molecule has 0 spiro atoms. The fourth-order valence-electron chi connectivity index (χ4n) is 2.78. The summed E-state index contributed by atoms with van der Waals surface area (Å²) >= 11 is 0. The van der Waals surface area contributed by atoms with E-state index in [2.05, 4.69) is 4.98 Å². The Bertz CT molecular complexity index is 825. The Hall–Kier alpha value is -2.07. The van der Waals surface area contributed by atoms with E-state index in [0.29, 0.717) is 11.3 Å². The SMILES string of the molecule is C[Si](C)(C)c1c(F)cc(-c2nccc3ccccc23)cc1F. The first kappa shape index (κ1) is 14.8. The highest BCUT2D eigenvalue weighted by molar-refractivity contribution is 6.88. The summed E-state index contributed by atoms with van der Waals surface area (Å²) in [5.74, 6) is -0.937. The number of fused-ring (bicyclic) bond motifs is 1. The Kier molecular flexibility index (Phi) is 3.57. The van der Waals surface area contributed by atoms with Crippen LogP contribution in [0.4, 0.5) is 8.78 Å². The molecule has 0 unspecified atom stereocenters. The summed E-state index contributed by atoms with van der Waals surface area (Å²) < 4.78 is 28.9. The van der Waals surface area contributed by atoms with Gasteiger partial charge >= 0.3 is 0 Å². The van der Waals surface area contributed by atoms with Crippen LogP contribution in [0.1, 0.15) is 0 Å². The molecule has 1 aromatic heterocycles. The maximum Gasteiger partial charge on any atom is 0.125 e. The van der Waals surface area contributed by atoms with Gasteiger partial charge in [-0.15, -0.1) is 0 Å². The number of aromatic nitrogens is 1. The van der Waals surface area contributed by atoms with Crippen molar-refractivity contribution in [2.75, 3.05) is 0 Å². The average Bonchev–Trinajstić information content (AvgIpc) is 2.44. The number of hydrogen-bond acceptors (Lipinski definition) is 1. The number of benzene rings is 2. The van der Waals surface area contributed by atoms with Crippen molar-refractivity contribution in [3.63, 3.8) is 0 Å². The van der Waals surface area contributed by atoms with Crippen molar-refractivity contribution in [2.45, 2.75) is 19.6 Å². The van der Waals surface area contributed by atoms with Crippen LogP contribution >= 0.6 is 0 Å². The van der Waals surface area contributed by atoms with Crippen LogP contribution in [0.5, 0.6) is 0 Å². The fourth-order valence-corrected chi connectivity index (χ4v) is 4.35. The van der Waals surface area contributed by atoms with Gasteiger partial charge in [0.1, 0.15) is 11.6 Å². The normalized spacial score (nSPS) is 11.9. The van der Waals surface area contributed by atoms with Crippen LogP contribution in [0.3, 0.4) is 0 Å². The van der Waals surface area contributed by atoms with Crippen LogP contribution in [-0.4, -0.2) is 13.1 Å². The molecule has 0 saturated carbocycles. The van der Waals surface area contributed by atoms with Crippen molar-refractivity contribution < 1.29 is 8.78 Å². The highest BCUT2D eigenvalue weighted by atomic mass is 28.3. The molecule has 4 heteroatoms. The standard InChI is InChI=1S/C18H17F2NSi/c1-22(2,3)18-15(19)10-13(11-16(18)20)17-14-7-5-4-6-12(14)8-9-21-17/h4-11H,1-3H3. The molecule has 2 aromatic carbocycles. The molecule has 0 bridgehead atoms. The van der Waals surface area contributed by atoms with Crippen LogP contribution in [0.15, 0.2) is 48.7 Å². The van der Waals surface area contributed by atoms with Crippen molar-refractivity contribution in [1.82, 2.24) is 4.98 Å². The van der Waals surface area contributed by atoms with Crippen molar-refractivity contribution in [3.05, 3.63) is 60.3 Å². The fraction of sp³-hybridized carbons (Fsp3) is 0.167. The van der Waals surface area contributed by atoms with E-state index in [4.69, 9.17) is 0 Å². The second kappa shape index (κ2) is 5.28. The second-order valence-corrected chi connectivity index (χ2v) is 11.4. The zero-order chi connectivity index (χ0) is 15.9. The predicted molar refractivity (Wildman–Crippen MR) is 90.1 cm³/mol. The summed E-state index contributed by atoms with van der Waals surface area (Å²) in [6.07, 6.45) is 1.67. The van der Waals surface area contributed by atoms with Gasteiger partial charge in [0.15, 0.2) is 0 Å². The van der Waals surface area contributed by atoms with Crippen molar-refractivity contribution in [1.29, 1.82) is 0 Å². The molecule has 0 amide bonds. The van der Waals surface area contributed by atoms with E-state index in [-0.39, 0.29) is 5.19 Å². The molecular formula is C18H17F2NSi. The molecule has 0 aliphatic carbocycles. The van der Waals surface area contributed by atoms with Gasteiger partial charge in [-0.2, -0.15) is 0 Å². The van der Waals surface area contributed by atoms with Gasteiger partial charge in [-0.1, -0.05) is 43.9 Å². The van der Waals surface area contributed by atoms with Crippen LogP contribution in [-0.2, 0) is 0 Å². The molecule has 0 fully saturated rings. The monoisotopic (exact) mass is 313 g/mol. The van der Waals surface area contributed by atoms with Gasteiger partial charge in [-0.25, -0.2) is 8.78 Å². The van der Waals surface area contributed by atoms with Gasteiger partial charge in [0.05, 0.1) is 13.8 Å². The average molecular weight is 313 g/mol. The second-order valence-electron chi connectivity index (χ2n) is 6.45. The predicted octanol–water partition coefficient (Wildman–Crippen LogP) is 4.73. The summed E-state index contributed by atoms with van der Waals surface area (Å²) in [6, 6.07) is 12.4. The molecular weight excluding hydrogens is 296 g/mol. The molecule has 0 radical (unpaired) electrons. The van der Waals surface area contributed by atoms with Gasteiger partial charge in [0.2, 0.25) is 0 Å². The first-order chi connectivity index (χ1) is 10.4. The number of hydrogen-bond donors (Lipinski definition) is 0. The third kappa shape index (κ3) is 2.54. The Morgan fingerprint density at radius 1 is 0.909 bits per heavy atom. The van der Waals surface area contributed by atoms with Crippen molar-refractivity contribution in [3.8, 4) is 11.3 Å². The highest BCUT2D eigenvalue weighted by Crippen LogP contribution is 2.27. The lowest BCUT2D eigenvalue weighted by Crippen LogP contribution is -2.42. The highest BCUT2D eigenvalue weighted by Gasteiger charge is 2.26. The molecule has 0 N–H and O–H groups in total. The van der Waals surface area contributed by atoms with Gasteiger partial charge in [0.25, 0.3) is 0 Å². The lowest BCUT2D eigenvalue weighted by Gasteiger charge is -2.19. The van der Waals surface area contributed by atoms with E-state index in [1.165, 1.54) is 12.1 Å². The summed E-state index contributed by atoms with van der Waals surface area (Å²) in [5, 5.41) is 2.14. The van der Waals surface area contributed by atoms with Gasteiger partial charge in [-0.3, -0.25) is 4.98 Å². The number of pyridine rings is 1. The number of nitrogens with zero attached hydrogens (tertiary/aromatic N) is 1. The Labute approximate surface area is 129 Å². The molecule has 0 aliphatic rings. The molecule has 1 nitrogen and oxygen atoms in total. The Morgan fingerprint density at radius 3 is 2.18 bits per heavy atom. The van der Waals surface area contributed by atoms with E-state index in [0.717, 1.165) is 10.8 Å². The summed E-state index contributed by atoms with van der Waals surface area (Å²) in [6.45, 7) is 5.80. The van der Waals surface area contributed by atoms with Crippen LogP contribution in [0.25, 0.3) is 22.0 Å². The zero-order valence-electron chi connectivity index (χ0n) is 12.8. The minimum atomic E-state index is -2.07. The van der Waals surface area contributed by atoms with Gasteiger partial charge < -0.3 is 0 Å². The van der Waals surface area contributed by atoms with E-state index >= 15 is 0 Å². The third-order valence-electron chi connectivity index (χ3n) is 3.74. The van der Waals surface area contributed by atoms with Crippen LogP contribution in [0, 0.1) is 11.6 Å². The van der Waals surface area contributed by atoms with E-state index in [1.54, 1.807) is 6.20 Å². The summed E-state index contributed by atoms with van der Waals surface area (Å²) in [7, 11) is -2.07. The van der Waals surface area contributed by atoms with E-state index in [9.17, 15) is 8.78 Å². The topological polar surface area (TPSA) is 12.9 Å². The van der Waals surface area contributed by atoms with Gasteiger partial charge in [0, 0.05) is 22.3 Å². The molecule has 0 saturated heterocycles. The Morgan fingerprint density at radius 2 is 1.55 bits per heavy atom. The smallest absolute Gasteiger partial charge is 0.125 e. The maximum atomic E-state index is 14.5. The van der Waals surface area contributed by atoms with Crippen LogP contribution in [0.2, 0.25) is 19.6 Å². The van der Waals surface area contributed by atoms with E-state index in [1.807, 2.05) is 50.0 Å². The van der Waals surface area contributed by atoms with Crippen LogP contribution < -0.4 is 5.19 Å². The lowest BCUT2D eigenvalue weighted by atomic mass is 10.0. The minimum Gasteiger partial charge on any atom is -0.256 e. The summed E-state index contributed by atoms with van der Waals surface area (Å²) in [4.78, 5) is 4.33. The summed E-state index contributed by atoms with van der Waals surface area (Å²) in [5.41, 5.74) is 1.09. The number of rotatable bonds is 2. The number of halogens is 2. The molecule has 3 rings (SSSR count).